The summed E-state index contributed by atoms with van der Waals surface area (Å²) in [5.74, 6) is -0.229. The summed E-state index contributed by atoms with van der Waals surface area (Å²) in [6.07, 6.45) is -3.87. The normalized spacial score (nSPS) is 19.8. The van der Waals surface area contributed by atoms with E-state index in [0.717, 1.165) is 23.2 Å². The van der Waals surface area contributed by atoms with Crippen LogP contribution < -0.4 is 16.5 Å². The van der Waals surface area contributed by atoms with Crippen LogP contribution in [0.1, 0.15) is 28.5 Å². The summed E-state index contributed by atoms with van der Waals surface area (Å²) in [6.45, 7) is 2.48. The highest BCUT2D eigenvalue weighted by Gasteiger charge is 2.32. The number of aliphatic imine (C=N–C) groups is 1. The Bertz CT molecular complexity index is 931. The maximum absolute atomic E-state index is 12.6. The fourth-order valence-corrected chi connectivity index (χ4v) is 2.94. The fraction of sp³-hybridized carbons (Fsp3) is 0.278. The summed E-state index contributed by atoms with van der Waals surface area (Å²) in [7, 11) is 1.86. The van der Waals surface area contributed by atoms with Crippen molar-refractivity contribution in [1.82, 2.24) is 4.98 Å². The molecule has 1 atom stereocenters. The molecule has 1 amide bonds. The minimum Gasteiger partial charge on any atom is -0.386 e. The Kier molecular flexibility index (Phi) is 5.16. The molecule has 0 saturated carbocycles. The van der Waals surface area contributed by atoms with Crippen LogP contribution in [0.4, 0.5) is 18.9 Å². The third-order valence-electron chi connectivity index (χ3n) is 4.30. The van der Waals surface area contributed by atoms with Crippen molar-refractivity contribution in [2.75, 3.05) is 18.5 Å². The molecule has 1 aliphatic heterocycles. The number of hydrogen-bond acceptors (Lipinski definition) is 5. The second kappa shape index (κ2) is 7.27. The molecule has 0 saturated heterocycles. The van der Waals surface area contributed by atoms with Crippen LogP contribution in [-0.4, -0.2) is 37.8 Å². The van der Waals surface area contributed by atoms with E-state index in [1.165, 1.54) is 0 Å². The summed E-state index contributed by atoms with van der Waals surface area (Å²) in [5.41, 5.74) is 6.20. The summed E-state index contributed by atoms with van der Waals surface area (Å²) in [5, 5.41) is 2.66. The Balaban J connectivity index is 1.84. The lowest BCUT2D eigenvalue weighted by molar-refractivity contribution is -0.137. The first-order chi connectivity index (χ1) is 13.1. The van der Waals surface area contributed by atoms with E-state index >= 15 is 0 Å². The quantitative estimate of drug-likeness (QED) is 0.772. The van der Waals surface area contributed by atoms with Gasteiger partial charge in [0.15, 0.2) is 0 Å². The van der Waals surface area contributed by atoms with Gasteiger partial charge < -0.3 is 15.8 Å². The first-order valence-corrected chi connectivity index (χ1v) is 8.45. The van der Waals surface area contributed by atoms with Crippen LogP contribution in [0.15, 0.2) is 41.5 Å². The molecule has 0 bridgehead atoms. The molecule has 1 aromatic carbocycles. The second-order valence-electron chi connectivity index (χ2n) is 6.84. The van der Waals surface area contributed by atoms with Gasteiger partial charge in [0.05, 0.1) is 12.2 Å². The van der Waals surface area contributed by atoms with E-state index in [1.807, 2.05) is 20.8 Å². The first-order valence-electron chi connectivity index (χ1n) is 8.45. The third-order valence-corrected chi connectivity index (χ3v) is 4.30. The molecule has 3 N–H and O–H groups in total. The van der Waals surface area contributed by atoms with Crippen molar-refractivity contribution < 1.29 is 22.7 Å². The minimum atomic E-state index is -4.51. The molecular formula is C18H18BF3N4O2. The van der Waals surface area contributed by atoms with Gasteiger partial charge in [-0.2, -0.15) is 13.2 Å². The molecule has 0 aliphatic carbocycles. The van der Waals surface area contributed by atoms with Gasteiger partial charge in [-0.15, -0.1) is 0 Å². The number of carbonyl (C=O) groups excluding carboxylic acids is 1. The van der Waals surface area contributed by atoms with Crippen LogP contribution in [0.5, 0.6) is 0 Å². The fourth-order valence-electron chi connectivity index (χ4n) is 2.94. The highest BCUT2D eigenvalue weighted by Crippen LogP contribution is 2.30. The zero-order valence-electron chi connectivity index (χ0n) is 15.3. The molecule has 1 aliphatic rings. The van der Waals surface area contributed by atoms with Gasteiger partial charge >= 0.3 is 6.18 Å². The van der Waals surface area contributed by atoms with Crippen molar-refractivity contribution in [3.63, 3.8) is 0 Å². The van der Waals surface area contributed by atoms with Gasteiger partial charge in [0.2, 0.25) is 0 Å². The van der Waals surface area contributed by atoms with Crippen molar-refractivity contribution in [2.45, 2.75) is 18.6 Å². The number of rotatable bonds is 3. The Morgan fingerprint density at radius 3 is 2.68 bits per heavy atom. The molecule has 1 aromatic heterocycles. The number of carbonyl (C=O) groups is 1. The van der Waals surface area contributed by atoms with Crippen molar-refractivity contribution in [3.8, 4) is 0 Å². The maximum atomic E-state index is 12.6. The van der Waals surface area contributed by atoms with Crippen molar-refractivity contribution in [1.29, 1.82) is 0 Å². The largest absolute Gasteiger partial charge is 0.417 e. The molecule has 146 valence electrons. The number of amides is 1. The predicted octanol–water partition coefficient (Wildman–Crippen LogP) is 1.21. The number of ether oxygens (including phenoxy) is 1. The van der Waals surface area contributed by atoms with E-state index in [1.54, 1.807) is 12.1 Å². The first kappa shape index (κ1) is 19.9. The van der Waals surface area contributed by atoms with Gasteiger partial charge in [0.1, 0.15) is 31.5 Å². The van der Waals surface area contributed by atoms with E-state index in [2.05, 4.69) is 15.3 Å². The lowest BCUT2D eigenvalue weighted by Gasteiger charge is -2.30. The Labute approximate surface area is 160 Å². The van der Waals surface area contributed by atoms with Crippen LogP contribution in [0, 0.1) is 0 Å². The SMILES string of the molecule is Bc1cc(NC(=O)c2ccc(C(F)(F)F)cn2)cc([C@]2(C)COCC(N)=N2)c1. The van der Waals surface area contributed by atoms with Gasteiger partial charge in [0, 0.05) is 11.9 Å². The number of amidine groups is 1. The van der Waals surface area contributed by atoms with E-state index in [9.17, 15) is 18.0 Å². The van der Waals surface area contributed by atoms with Gasteiger partial charge in [-0.05, 0) is 36.8 Å². The Hall–Kier alpha value is -2.88. The minimum absolute atomic E-state index is 0.120. The van der Waals surface area contributed by atoms with Gasteiger partial charge in [0.25, 0.3) is 5.91 Å². The van der Waals surface area contributed by atoms with Crippen molar-refractivity contribution in [2.24, 2.45) is 10.7 Å². The van der Waals surface area contributed by atoms with Crippen molar-refractivity contribution >= 4 is 30.7 Å². The number of nitrogens with two attached hydrogens (primary N) is 1. The standard InChI is InChI=1S/C18H18BF3N4O2/c1-17(9-28-8-15(23)26-17)11-4-12(19)6-13(5-11)25-16(27)14-3-2-10(7-24-14)18(20,21)22/h2-7H,8-9,19H2,1H3,(H2,23,26)(H,25,27)/t17-/m0/s1. The predicted molar refractivity (Wildman–Crippen MR) is 102 cm³/mol. The topological polar surface area (TPSA) is 89.6 Å². The zero-order chi connectivity index (χ0) is 20.5. The lowest BCUT2D eigenvalue weighted by atomic mass is 9.86. The van der Waals surface area contributed by atoms with Crippen LogP contribution in [0.25, 0.3) is 0 Å². The number of hydrogen-bond donors (Lipinski definition) is 2. The van der Waals surface area contributed by atoms with E-state index in [-0.39, 0.29) is 12.3 Å². The number of benzene rings is 1. The van der Waals surface area contributed by atoms with Gasteiger partial charge in [-0.25, -0.2) is 0 Å². The van der Waals surface area contributed by atoms with Crippen LogP contribution in [-0.2, 0) is 16.5 Å². The second-order valence-corrected chi connectivity index (χ2v) is 6.84. The molecule has 10 heteroatoms. The van der Waals surface area contributed by atoms with Gasteiger partial charge in [-0.3, -0.25) is 14.8 Å². The van der Waals surface area contributed by atoms with Crippen molar-refractivity contribution in [3.05, 3.63) is 53.3 Å². The van der Waals surface area contributed by atoms with E-state index in [0.29, 0.717) is 24.3 Å². The number of pyridine rings is 1. The average molecular weight is 390 g/mol. The molecule has 2 heterocycles. The highest BCUT2D eigenvalue weighted by atomic mass is 19.4. The molecule has 0 unspecified atom stereocenters. The molecule has 2 aromatic rings. The van der Waals surface area contributed by atoms with E-state index < -0.39 is 23.2 Å². The number of halogens is 3. The van der Waals surface area contributed by atoms with E-state index in [4.69, 9.17) is 10.5 Å². The smallest absolute Gasteiger partial charge is 0.386 e. The summed E-state index contributed by atoms with van der Waals surface area (Å²) < 4.78 is 43.4. The lowest BCUT2D eigenvalue weighted by Crippen LogP contribution is -2.38. The Morgan fingerprint density at radius 1 is 1.32 bits per heavy atom. The zero-order valence-corrected chi connectivity index (χ0v) is 15.3. The Morgan fingerprint density at radius 2 is 2.07 bits per heavy atom. The molecule has 0 fully saturated rings. The summed E-state index contributed by atoms with van der Waals surface area (Å²) in [4.78, 5) is 20.5. The summed E-state index contributed by atoms with van der Waals surface area (Å²) in [6, 6.07) is 7.25. The number of aromatic nitrogens is 1. The summed E-state index contributed by atoms with van der Waals surface area (Å²) >= 11 is 0. The molecule has 0 spiro atoms. The van der Waals surface area contributed by atoms with Gasteiger partial charge in [-0.1, -0.05) is 11.5 Å². The molecule has 0 radical (unpaired) electrons. The number of nitrogens with zero attached hydrogens (tertiary/aromatic N) is 2. The highest BCUT2D eigenvalue weighted by molar-refractivity contribution is 6.32. The maximum Gasteiger partial charge on any atom is 0.417 e. The third kappa shape index (κ3) is 4.33. The monoisotopic (exact) mass is 390 g/mol. The number of anilines is 1. The van der Waals surface area contributed by atoms with Crippen LogP contribution in [0.3, 0.4) is 0 Å². The molecular weight excluding hydrogens is 372 g/mol. The molecule has 6 nitrogen and oxygen atoms in total. The van der Waals surface area contributed by atoms with Crippen LogP contribution >= 0.6 is 0 Å². The van der Waals surface area contributed by atoms with Crippen LogP contribution in [0.2, 0.25) is 0 Å². The molecule has 28 heavy (non-hydrogen) atoms. The molecule has 3 rings (SSSR count). The average Bonchev–Trinajstić information content (AvgIpc) is 2.60. The number of nitrogens with one attached hydrogen (secondary N) is 1. The number of alkyl halides is 3.